The zero-order valence-electron chi connectivity index (χ0n) is 16.6. The number of piperazine rings is 1. The molecule has 2 aliphatic rings. The zero-order chi connectivity index (χ0) is 19.8. The smallest absolute Gasteiger partial charge is 0.264 e. The van der Waals surface area contributed by atoms with Crippen LogP contribution in [0, 0.1) is 0 Å². The Kier molecular flexibility index (Phi) is 4.89. The first-order valence-electron chi connectivity index (χ1n) is 10.1. The topological polar surface area (TPSA) is 36.0 Å². The Morgan fingerprint density at radius 1 is 1.03 bits per heavy atom. The zero-order valence-corrected chi connectivity index (χ0v) is 17.5. The lowest BCUT2D eigenvalue weighted by atomic mass is 10.1. The van der Waals surface area contributed by atoms with E-state index < -0.39 is 0 Å². The van der Waals surface area contributed by atoms with Crippen molar-refractivity contribution < 1.29 is 9.53 Å². The van der Waals surface area contributed by atoms with Crippen LogP contribution in [0.1, 0.15) is 5.56 Å². The minimum atomic E-state index is 0.00594. The molecule has 0 bridgehead atoms. The predicted octanol–water partition coefficient (Wildman–Crippen LogP) is 3.62. The Morgan fingerprint density at radius 2 is 1.90 bits per heavy atom. The Hall–Kier alpha value is -2.57. The number of hydrogen-bond donors (Lipinski definition) is 0. The van der Waals surface area contributed by atoms with Crippen LogP contribution in [0.15, 0.2) is 47.8 Å². The number of carbonyl (C=O) groups excluding carboxylic acids is 1. The maximum absolute atomic E-state index is 11.9. The van der Waals surface area contributed by atoms with Gasteiger partial charge in [0.15, 0.2) is 6.61 Å². The molecule has 0 spiro atoms. The van der Waals surface area contributed by atoms with E-state index in [9.17, 15) is 4.79 Å². The first-order chi connectivity index (χ1) is 14.2. The van der Waals surface area contributed by atoms with Gasteiger partial charge in [-0.05, 0) is 47.7 Å². The summed E-state index contributed by atoms with van der Waals surface area (Å²) in [6.07, 6.45) is 0.982. The van der Waals surface area contributed by atoms with E-state index in [4.69, 9.17) is 4.74 Å². The van der Waals surface area contributed by atoms with Gasteiger partial charge in [0.25, 0.3) is 5.91 Å². The van der Waals surface area contributed by atoms with Crippen molar-refractivity contribution in [1.82, 2.24) is 4.90 Å². The molecule has 1 aromatic heterocycles. The van der Waals surface area contributed by atoms with Gasteiger partial charge in [0, 0.05) is 55.5 Å². The van der Waals surface area contributed by atoms with Crippen molar-refractivity contribution >= 4 is 38.7 Å². The number of fused-ring (bicyclic) bond motifs is 2. The van der Waals surface area contributed by atoms with Crippen molar-refractivity contribution in [3.63, 3.8) is 0 Å². The number of ether oxygens (including phenoxy) is 1. The van der Waals surface area contributed by atoms with Crippen molar-refractivity contribution in [2.24, 2.45) is 0 Å². The maximum atomic E-state index is 11.9. The average Bonchev–Trinajstić information content (AvgIpc) is 3.24. The number of thiophene rings is 1. The molecule has 1 amide bonds. The number of hydrogen-bond acceptors (Lipinski definition) is 5. The van der Waals surface area contributed by atoms with Crippen molar-refractivity contribution in [3.8, 4) is 5.75 Å². The summed E-state index contributed by atoms with van der Waals surface area (Å²) in [5.74, 6) is 0.804. The van der Waals surface area contributed by atoms with Gasteiger partial charge >= 0.3 is 0 Å². The van der Waals surface area contributed by atoms with E-state index in [-0.39, 0.29) is 12.5 Å². The molecule has 0 saturated carbocycles. The third-order valence-corrected chi connectivity index (χ3v) is 6.89. The van der Waals surface area contributed by atoms with E-state index in [1.807, 2.05) is 24.5 Å². The van der Waals surface area contributed by atoms with Crippen LogP contribution in [0.5, 0.6) is 5.75 Å². The highest BCUT2D eigenvalue weighted by Crippen LogP contribution is 2.33. The molecule has 2 aliphatic heterocycles. The van der Waals surface area contributed by atoms with Gasteiger partial charge in [-0.25, -0.2) is 0 Å². The van der Waals surface area contributed by atoms with E-state index in [1.54, 1.807) is 4.90 Å². The molecule has 0 unspecified atom stereocenters. The van der Waals surface area contributed by atoms with Crippen molar-refractivity contribution in [3.05, 3.63) is 53.4 Å². The summed E-state index contributed by atoms with van der Waals surface area (Å²) in [5, 5.41) is 3.56. The van der Waals surface area contributed by atoms with Crippen molar-refractivity contribution in [2.75, 3.05) is 56.2 Å². The fraction of sp³-hybridized carbons (Fsp3) is 0.348. The summed E-state index contributed by atoms with van der Waals surface area (Å²) in [7, 11) is 1.82. The van der Waals surface area contributed by atoms with Gasteiger partial charge in [0.05, 0.1) is 5.69 Å². The van der Waals surface area contributed by atoms with Crippen molar-refractivity contribution in [2.45, 2.75) is 6.42 Å². The number of rotatable bonds is 4. The van der Waals surface area contributed by atoms with Gasteiger partial charge in [0.2, 0.25) is 0 Å². The summed E-state index contributed by atoms with van der Waals surface area (Å²) in [4.78, 5) is 18.6. The van der Waals surface area contributed by atoms with Crippen LogP contribution >= 0.6 is 11.3 Å². The normalized spacial score (nSPS) is 17.5. The molecule has 5 rings (SSSR count). The summed E-state index contributed by atoms with van der Waals surface area (Å²) < 4.78 is 6.89. The SMILES string of the molecule is CN1C(=O)COc2ccc(CCN3CCN(c4cccc5sccc45)CC3)cc21. The molecule has 150 valence electrons. The van der Waals surface area contributed by atoms with Gasteiger partial charge in [-0.3, -0.25) is 9.69 Å². The second-order valence-electron chi connectivity index (χ2n) is 7.73. The summed E-state index contributed by atoms with van der Waals surface area (Å²) in [6, 6.07) is 15.1. The largest absolute Gasteiger partial charge is 0.482 e. The van der Waals surface area contributed by atoms with E-state index in [0.717, 1.165) is 50.6 Å². The predicted molar refractivity (Wildman–Crippen MR) is 120 cm³/mol. The Balaban J connectivity index is 1.20. The molecule has 6 heteroatoms. The van der Waals surface area contributed by atoms with Crippen molar-refractivity contribution in [1.29, 1.82) is 0 Å². The Morgan fingerprint density at radius 3 is 2.76 bits per heavy atom. The molecular weight excluding hydrogens is 382 g/mol. The second kappa shape index (κ2) is 7.69. The molecule has 0 radical (unpaired) electrons. The minimum absolute atomic E-state index is 0.00594. The van der Waals surface area contributed by atoms with Crippen LogP contribution in [0.25, 0.3) is 10.1 Å². The molecule has 29 heavy (non-hydrogen) atoms. The standard InChI is InChI=1S/C23H25N3O2S/c1-24-20-15-17(5-6-21(20)28-16-23(24)27)7-9-25-10-12-26(13-11-25)19-3-2-4-22-18(19)8-14-29-22/h2-6,8,14-15H,7,9-13,16H2,1H3. The van der Waals surface area contributed by atoms with Gasteiger partial charge in [-0.15, -0.1) is 11.3 Å². The lowest BCUT2D eigenvalue weighted by Crippen LogP contribution is -2.47. The number of benzene rings is 2. The Labute approximate surface area is 175 Å². The summed E-state index contributed by atoms with van der Waals surface area (Å²) in [5.41, 5.74) is 3.50. The highest BCUT2D eigenvalue weighted by molar-refractivity contribution is 7.17. The molecule has 3 heterocycles. The quantitative estimate of drug-likeness (QED) is 0.662. The van der Waals surface area contributed by atoms with Crippen LogP contribution in [0.3, 0.4) is 0 Å². The number of likely N-dealkylation sites (N-methyl/N-ethyl adjacent to an activating group) is 1. The molecule has 1 saturated heterocycles. The highest BCUT2D eigenvalue weighted by Gasteiger charge is 2.23. The average molecular weight is 408 g/mol. The van der Waals surface area contributed by atoms with Crippen LogP contribution in [0.2, 0.25) is 0 Å². The van der Waals surface area contributed by atoms with E-state index in [2.05, 4.69) is 51.6 Å². The molecule has 0 aliphatic carbocycles. The highest BCUT2D eigenvalue weighted by atomic mass is 32.1. The molecule has 1 fully saturated rings. The molecular formula is C23H25N3O2S. The van der Waals surface area contributed by atoms with Gasteiger partial charge in [-0.1, -0.05) is 12.1 Å². The molecule has 5 nitrogen and oxygen atoms in total. The van der Waals surface area contributed by atoms with Crippen LogP contribution in [-0.2, 0) is 11.2 Å². The number of amides is 1. The second-order valence-corrected chi connectivity index (χ2v) is 8.68. The first kappa shape index (κ1) is 18.5. The lowest BCUT2D eigenvalue weighted by Gasteiger charge is -2.36. The Bertz CT molecular complexity index is 1040. The summed E-state index contributed by atoms with van der Waals surface area (Å²) >= 11 is 1.81. The monoisotopic (exact) mass is 407 g/mol. The van der Waals surface area contributed by atoms with Crippen LogP contribution in [-0.4, -0.2) is 57.2 Å². The maximum Gasteiger partial charge on any atom is 0.264 e. The summed E-state index contributed by atoms with van der Waals surface area (Å²) in [6.45, 7) is 5.44. The fourth-order valence-electron chi connectivity index (χ4n) is 4.23. The first-order valence-corrected chi connectivity index (χ1v) is 11.0. The third-order valence-electron chi connectivity index (χ3n) is 6.01. The van der Waals surface area contributed by atoms with Crippen LogP contribution < -0.4 is 14.5 Å². The molecule has 2 aromatic carbocycles. The molecule has 3 aromatic rings. The number of nitrogens with zero attached hydrogens (tertiary/aromatic N) is 3. The van der Waals surface area contributed by atoms with E-state index in [0.29, 0.717) is 0 Å². The van der Waals surface area contributed by atoms with Gasteiger partial charge in [0.1, 0.15) is 5.75 Å². The number of carbonyl (C=O) groups is 1. The van der Waals surface area contributed by atoms with E-state index >= 15 is 0 Å². The van der Waals surface area contributed by atoms with Gasteiger partial charge < -0.3 is 14.5 Å². The lowest BCUT2D eigenvalue weighted by molar-refractivity contribution is -0.120. The fourth-order valence-corrected chi connectivity index (χ4v) is 5.03. The van der Waals surface area contributed by atoms with Gasteiger partial charge in [-0.2, -0.15) is 0 Å². The molecule has 0 atom stereocenters. The van der Waals surface area contributed by atoms with Crippen LogP contribution in [0.4, 0.5) is 11.4 Å². The minimum Gasteiger partial charge on any atom is -0.482 e. The molecule has 0 N–H and O–H groups in total. The number of anilines is 2. The third kappa shape index (κ3) is 3.58. The van der Waals surface area contributed by atoms with E-state index in [1.165, 1.54) is 21.3 Å².